The lowest BCUT2D eigenvalue weighted by Crippen LogP contribution is -2.59. The second-order valence-corrected chi connectivity index (χ2v) is 16.8. The molecular formula is C40H63ClN4O9. The molecule has 13 nitrogen and oxygen atoms in total. The first-order chi connectivity index (χ1) is 25.3. The standard InChI is InChI=1S/C40H63ClN4O9/c1-11-32-40(8,50)35(48)27(6)33(46)25(4)20-39(7,51-10)36(23(2)18-24(3)37(49)53-32)54-38-34(47)31(19-26(5)52-38)44(9)17-16-30-22-45(43-42-30)21-28-12-14-29(41)15-13-28/h12-15,22-27,31-32,34-36,38,47-48,50H,11,16-21H2,1-10H3/t23-,24+,25+,26+,27-,31-,32+,34+,35+,36+,38-,39+,40+/m0/s1. The molecule has 1 aromatic carbocycles. The maximum absolute atomic E-state index is 13.8. The van der Waals surface area contributed by atoms with Gasteiger partial charge in [0.25, 0.3) is 0 Å². The summed E-state index contributed by atoms with van der Waals surface area (Å²) in [6.07, 6.45) is -1.65. The Hall–Kier alpha value is -2.49. The van der Waals surface area contributed by atoms with Gasteiger partial charge in [-0.2, -0.15) is 0 Å². The second-order valence-electron chi connectivity index (χ2n) is 16.4. The number of aliphatic hydroxyl groups is 3. The highest BCUT2D eigenvalue weighted by Crippen LogP contribution is 2.39. The molecule has 0 amide bonds. The van der Waals surface area contributed by atoms with Crippen LogP contribution in [0.1, 0.15) is 92.3 Å². The molecule has 0 aliphatic carbocycles. The third-order valence-electron chi connectivity index (χ3n) is 11.7. The number of halogens is 1. The quantitative estimate of drug-likeness (QED) is 0.291. The van der Waals surface area contributed by atoms with Gasteiger partial charge in [-0.15, -0.1) is 5.10 Å². The molecule has 14 heteroatoms. The van der Waals surface area contributed by atoms with E-state index in [2.05, 4.69) is 15.2 Å². The highest BCUT2D eigenvalue weighted by Gasteiger charge is 2.50. The summed E-state index contributed by atoms with van der Waals surface area (Å²) in [5.74, 6) is -3.29. The lowest BCUT2D eigenvalue weighted by Gasteiger charge is -2.47. The van der Waals surface area contributed by atoms with Crippen LogP contribution in [0.5, 0.6) is 0 Å². The van der Waals surface area contributed by atoms with E-state index >= 15 is 0 Å². The van der Waals surface area contributed by atoms with Crippen molar-refractivity contribution in [2.75, 3.05) is 20.7 Å². The number of hydrogen-bond acceptors (Lipinski definition) is 12. The molecule has 0 unspecified atom stereocenters. The zero-order chi connectivity index (χ0) is 40.1. The van der Waals surface area contributed by atoms with Gasteiger partial charge in [0.05, 0.1) is 42.1 Å². The molecule has 2 fully saturated rings. The van der Waals surface area contributed by atoms with E-state index in [1.807, 2.05) is 58.3 Å². The number of nitrogens with zero attached hydrogens (tertiary/aromatic N) is 4. The minimum Gasteiger partial charge on any atom is -0.459 e. The number of carbonyl (C=O) groups is 2. The molecule has 2 aliphatic heterocycles. The number of methoxy groups -OCH3 is 1. The minimum absolute atomic E-state index is 0.215. The summed E-state index contributed by atoms with van der Waals surface area (Å²) in [6.45, 7) is 15.2. The van der Waals surface area contributed by atoms with E-state index in [0.717, 1.165) is 11.3 Å². The number of hydrogen-bond donors (Lipinski definition) is 3. The maximum Gasteiger partial charge on any atom is 0.309 e. The molecule has 2 aromatic rings. The first-order valence-corrected chi connectivity index (χ1v) is 19.7. The molecule has 0 radical (unpaired) electrons. The lowest BCUT2D eigenvalue weighted by atomic mass is 9.74. The second kappa shape index (κ2) is 18.6. The van der Waals surface area contributed by atoms with Crippen LogP contribution in [0.4, 0.5) is 0 Å². The molecule has 3 heterocycles. The lowest BCUT2D eigenvalue weighted by molar-refractivity contribution is -0.298. The molecular weight excluding hydrogens is 716 g/mol. The van der Waals surface area contributed by atoms with Crippen LogP contribution in [0.2, 0.25) is 5.02 Å². The molecule has 13 atom stereocenters. The molecule has 2 saturated heterocycles. The summed E-state index contributed by atoms with van der Waals surface area (Å²) in [5.41, 5.74) is -1.04. The number of rotatable bonds is 10. The van der Waals surface area contributed by atoms with Crippen LogP contribution in [-0.4, -0.2) is 122 Å². The summed E-state index contributed by atoms with van der Waals surface area (Å²) in [7, 11) is 3.51. The number of aliphatic hydroxyl groups excluding tert-OH is 2. The van der Waals surface area contributed by atoms with Crippen LogP contribution in [0.15, 0.2) is 30.5 Å². The van der Waals surface area contributed by atoms with E-state index in [1.165, 1.54) is 6.92 Å². The number of likely N-dealkylation sites (N-methyl/N-ethyl adjacent to an activating group) is 1. The Morgan fingerprint density at radius 1 is 1.06 bits per heavy atom. The van der Waals surface area contributed by atoms with Crippen LogP contribution in [0, 0.1) is 23.7 Å². The summed E-state index contributed by atoms with van der Waals surface area (Å²) < 4.78 is 26.8. The monoisotopic (exact) mass is 778 g/mol. The van der Waals surface area contributed by atoms with Crippen LogP contribution >= 0.6 is 11.6 Å². The number of ether oxygens (including phenoxy) is 4. The number of benzene rings is 1. The van der Waals surface area contributed by atoms with Crippen LogP contribution < -0.4 is 0 Å². The van der Waals surface area contributed by atoms with E-state index in [9.17, 15) is 24.9 Å². The summed E-state index contributed by atoms with van der Waals surface area (Å²) in [4.78, 5) is 29.4. The van der Waals surface area contributed by atoms with E-state index in [1.54, 1.807) is 39.5 Å². The van der Waals surface area contributed by atoms with Gasteiger partial charge in [-0.3, -0.25) is 9.59 Å². The Bertz CT molecular complexity index is 1520. The van der Waals surface area contributed by atoms with E-state index in [-0.39, 0.29) is 36.7 Å². The summed E-state index contributed by atoms with van der Waals surface area (Å²) >= 11 is 6.03. The van der Waals surface area contributed by atoms with E-state index in [0.29, 0.717) is 37.4 Å². The van der Waals surface area contributed by atoms with Crippen molar-refractivity contribution in [3.8, 4) is 0 Å². The fraction of sp³-hybridized carbons (Fsp3) is 0.750. The smallest absolute Gasteiger partial charge is 0.309 e. The van der Waals surface area contributed by atoms with Crippen LogP contribution in [0.3, 0.4) is 0 Å². The van der Waals surface area contributed by atoms with Crippen LogP contribution in [-0.2, 0) is 41.5 Å². The first kappa shape index (κ1) is 44.2. The molecule has 0 saturated carbocycles. The van der Waals surface area contributed by atoms with Gasteiger partial charge in [-0.1, -0.05) is 63.6 Å². The van der Waals surface area contributed by atoms with Crippen molar-refractivity contribution >= 4 is 23.4 Å². The predicted octanol–water partition coefficient (Wildman–Crippen LogP) is 4.45. The van der Waals surface area contributed by atoms with Crippen LogP contribution in [0.25, 0.3) is 0 Å². The van der Waals surface area contributed by atoms with Gasteiger partial charge >= 0.3 is 5.97 Å². The highest BCUT2D eigenvalue weighted by atomic mass is 35.5. The van der Waals surface area contributed by atoms with Gasteiger partial charge in [0.1, 0.15) is 23.6 Å². The van der Waals surface area contributed by atoms with Gasteiger partial charge in [-0.05, 0) is 77.1 Å². The topological polar surface area (TPSA) is 166 Å². The van der Waals surface area contributed by atoms with Crippen molar-refractivity contribution in [3.05, 3.63) is 46.7 Å². The van der Waals surface area contributed by atoms with E-state index < -0.39 is 65.6 Å². The molecule has 304 valence electrons. The van der Waals surface area contributed by atoms with Crippen molar-refractivity contribution in [3.63, 3.8) is 0 Å². The normalized spacial score (nSPS) is 37.6. The number of Topliss-reactive ketones (excluding diaryl/α,β-unsaturated/α-hetero) is 1. The van der Waals surface area contributed by atoms with Crippen molar-refractivity contribution < 1.29 is 43.9 Å². The zero-order valence-corrected chi connectivity index (χ0v) is 34.4. The first-order valence-electron chi connectivity index (χ1n) is 19.3. The molecule has 1 aromatic heterocycles. The van der Waals surface area contributed by atoms with Gasteiger partial charge in [0, 0.05) is 49.2 Å². The Morgan fingerprint density at radius 2 is 1.72 bits per heavy atom. The average molecular weight is 779 g/mol. The molecule has 3 N–H and O–H groups in total. The van der Waals surface area contributed by atoms with E-state index in [4.69, 9.17) is 30.5 Å². The third kappa shape index (κ3) is 10.5. The molecule has 0 bridgehead atoms. The average Bonchev–Trinajstić information content (AvgIpc) is 3.58. The number of carbonyl (C=O) groups excluding carboxylic acids is 2. The SMILES string of the molecule is CC[C@H]1OC(=O)[C@H](C)C[C@H](C)[C@@H](O[C@@H]2O[C@H](C)C[C@H](N(C)CCc3cn(Cc4ccc(Cl)cc4)nn3)[C@H]2O)[C@](C)(OC)C[C@@H](C)C(=O)[C@H](C)[C@@H](O)[C@]1(C)O. The fourth-order valence-electron chi connectivity index (χ4n) is 8.34. The van der Waals surface area contributed by atoms with Gasteiger partial charge in [-0.25, -0.2) is 4.68 Å². The van der Waals surface area contributed by atoms with Gasteiger partial charge in [0.2, 0.25) is 0 Å². The molecule has 4 rings (SSSR count). The molecule has 0 spiro atoms. The number of cyclic esters (lactones) is 1. The third-order valence-corrected chi connectivity index (χ3v) is 12.0. The highest BCUT2D eigenvalue weighted by molar-refractivity contribution is 6.30. The molecule has 2 aliphatic rings. The van der Waals surface area contributed by atoms with Gasteiger partial charge in [0.15, 0.2) is 6.29 Å². The van der Waals surface area contributed by atoms with Crippen molar-refractivity contribution in [1.29, 1.82) is 0 Å². The Labute approximate surface area is 325 Å². The summed E-state index contributed by atoms with van der Waals surface area (Å²) in [6, 6.07) is 7.30. The van der Waals surface area contributed by atoms with Crippen molar-refractivity contribution in [2.24, 2.45) is 23.7 Å². The fourth-order valence-corrected chi connectivity index (χ4v) is 8.47. The minimum atomic E-state index is -1.85. The Kier molecular flexibility index (Phi) is 15.3. The predicted molar refractivity (Wildman–Crippen MR) is 204 cm³/mol. The number of esters is 1. The van der Waals surface area contributed by atoms with Crippen molar-refractivity contribution in [2.45, 2.75) is 148 Å². The number of aromatic nitrogens is 3. The number of ketones is 1. The zero-order valence-electron chi connectivity index (χ0n) is 33.6. The van der Waals surface area contributed by atoms with Crippen molar-refractivity contribution in [1.82, 2.24) is 19.9 Å². The van der Waals surface area contributed by atoms with Gasteiger partial charge < -0.3 is 39.2 Å². The summed E-state index contributed by atoms with van der Waals surface area (Å²) in [5, 5.41) is 43.8. The maximum atomic E-state index is 13.8. The molecule has 54 heavy (non-hydrogen) atoms. The largest absolute Gasteiger partial charge is 0.459 e. The Balaban J connectivity index is 1.53. The Morgan fingerprint density at radius 3 is 2.35 bits per heavy atom.